The van der Waals surface area contributed by atoms with Crippen LogP contribution in [-0.2, 0) is 4.74 Å². The van der Waals surface area contributed by atoms with Crippen molar-refractivity contribution in [1.29, 1.82) is 5.26 Å². The van der Waals surface area contributed by atoms with E-state index in [1.54, 1.807) is 43.3 Å². The first-order valence-electron chi connectivity index (χ1n) is 8.08. The number of halogens is 1. The van der Waals surface area contributed by atoms with E-state index in [0.717, 1.165) is 4.47 Å². The average Bonchev–Trinajstić information content (AvgIpc) is 2.67. The fraction of sp³-hybridized carbons (Fsp3) is 0.150. The summed E-state index contributed by atoms with van der Waals surface area (Å²) in [7, 11) is 0. The molecule has 0 aliphatic carbocycles. The van der Waals surface area contributed by atoms with Gasteiger partial charge in [0, 0.05) is 10.5 Å². The fourth-order valence-electron chi connectivity index (χ4n) is 2.60. The number of nitriles is 1. The SMILES string of the molecule is CCOC(=O)c1oc2cc(OCC#N)ccc2c(=O)c1-c1ccc(Br)cc1. The molecule has 7 heteroatoms. The summed E-state index contributed by atoms with van der Waals surface area (Å²) >= 11 is 3.35. The van der Waals surface area contributed by atoms with Gasteiger partial charge in [-0.05, 0) is 36.8 Å². The lowest BCUT2D eigenvalue weighted by Crippen LogP contribution is -2.15. The Bertz CT molecular complexity index is 1100. The molecule has 0 fully saturated rings. The van der Waals surface area contributed by atoms with E-state index in [1.165, 1.54) is 6.07 Å². The summed E-state index contributed by atoms with van der Waals surface area (Å²) < 4.78 is 16.9. The second kappa shape index (κ2) is 8.06. The number of benzene rings is 2. The number of carbonyl (C=O) groups excluding carboxylic acids is 1. The van der Waals surface area contributed by atoms with Crippen LogP contribution in [0.15, 0.2) is 56.1 Å². The minimum absolute atomic E-state index is 0.138. The molecule has 0 atom stereocenters. The van der Waals surface area contributed by atoms with E-state index in [0.29, 0.717) is 16.7 Å². The van der Waals surface area contributed by atoms with Gasteiger partial charge in [-0.2, -0.15) is 5.26 Å². The van der Waals surface area contributed by atoms with Crippen LogP contribution in [0.5, 0.6) is 5.75 Å². The first kappa shape index (κ1) is 18.7. The number of carbonyl (C=O) groups is 1. The lowest BCUT2D eigenvalue weighted by Gasteiger charge is -2.10. The van der Waals surface area contributed by atoms with E-state index < -0.39 is 5.97 Å². The Kier molecular flexibility index (Phi) is 5.57. The maximum Gasteiger partial charge on any atom is 0.375 e. The van der Waals surface area contributed by atoms with E-state index in [-0.39, 0.29) is 35.5 Å². The lowest BCUT2D eigenvalue weighted by atomic mass is 10.0. The largest absolute Gasteiger partial charge is 0.479 e. The third kappa shape index (κ3) is 3.86. The second-order valence-corrected chi connectivity index (χ2v) is 6.38. The molecule has 6 nitrogen and oxygen atoms in total. The highest BCUT2D eigenvalue weighted by Crippen LogP contribution is 2.28. The first-order chi connectivity index (χ1) is 13.0. The predicted octanol–water partition coefficient (Wildman–Crippen LogP) is 4.30. The smallest absolute Gasteiger partial charge is 0.375 e. The molecule has 3 rings (SSSR count). The van der Waals surface area contributed by atoms with Gasteiger partial charge >= 0.3 is 5.97 Å². The van der Waals surface area contributed by atoms with Gasteiger partial charge in [0.25, 0.3) is 0 Å². The summed E-state index contributed by atoms with van der Waals surface area (Å²) in [5, 5.41) is 8.93. The second-order valence-electron chi connectivity index (χ2n) is 5.47. The zero-order chi connectivity index (χ0) is 19.4. The molecular weight excluding hydrogens is 414 g/mol. The summed E-state index contributed by atoms with van der Waals surface area (Å²) in [6, 6.07) is 13.4. The van der Waals surface area contributed by atoms with Crippen molar-refractivity contribution in [1.82, 2.24) is 0 Å². The number of nitrogens with zero attached hydrogens (tertiary/aromatic N) is 1. The van der Waals surface area contributed by atoms with E-state index in [1.807, 2.05) is 6.07 Å². The molecule has 0 unspecified atom stereocenters. The van der Waals surface area contributed by atoms with E-state index >= 15 is 0 Å². The van der Waals surface area contributed by atoms with Crippen molar-refractivity contribution in [3.8, 4) is 22.9 Å². The topological polar surface area (TPSA) is 89.5 Å². The Morgan fingerprint density at radius 3 is 2.63 bits per heavy atom. The zero-order valence-corrected chi connectivity index (χ0v) is 15.9. The highest BCUT2D eigenvalue weighted by Gasteiger charge is 2.23. The van der Waals surface area contributed by atoms with E-state index in [4.69, 9.17) is 19.2 Å². The van der Waals surface area contributed by atoms with Crippen LogP contribution in [0.25, 0.3) is 22.1 Å². The van der Waals surface area contributed by atoms with Gasteiger partial charge < -0.3 is 13.9 Å². The Balaban J connectivity index is 2.26. The van der Waals surface area contributed by atoms with Gasteiger partial charge in [0.15, 0.2) is 6.61 Å². The van der Waals surface area contributed by atoms with Gasteiger partial charge in [-0.3, -0.25) is 4.79 Å². The van der Waals surface area contributed by atoms with Crippen LogP contribution in [0.2, 0.25) is 0 Å². The molecule has 0 radical (unpaired) electrons. The van der Waals surface area contributed by atoms with Crippen LogP contribution in [-0.4, -0.2) is 19.2 Å². The van der Waals surface area contributed by atoms with Crippen molar-refractivity contribution in [3.63, 3.8) is 0 Å². The molecule has 0 bridgehead atoms. The number of hydrogen-bond acceptors (Lipinski definition) is 6. The standard InChI is InChI=1S/C20H14BrNO5/c1-2-25-20(24)19-17(12-3-5-13(21)6-4-12)18(23)15-8-7-14(26-10-9-22)11-16(15)27-19/h3-8,11H,2,10H2,1H3. The minimum Gasteiger partial charge on any atom is -0.479 e. The van der Waals surface area contributed by atoms with Gasteiger partial charge in [0.05, 0.1) is 17.6 Å². The molecule has 1 heterocycles. The van der Waals surface area contributed by atoms with Crippen molar-refractivity contribution < 1.29 is 18.7 Å². The molecule has 2 aromatic carbocycles. The van der Waals surface area contributed by atoms with E-state index in [9.17, 15) is 9.59 Å². The van der Waals surface area contributed by atoms with Gasteiger partial charge in [-0.25, -0.2) is 4.79 Å². The zero-order valence-electron chi connectivity index (χ0n) is 14.3. The van der Waals surface area contributed by atoms with Gasteiger partial charge in [0.2, 0.25) is 11.2 Å². The maximum absolute atomic E-state index is 13.1. The van der Waals surface area contributed by atoms with Crippen LogP contribution in [0.3, 0.4) is 0 Å². The highest BCUT2D eigenvalue weighted by atomic mass is 79.9. The molecule has 136 valence electrons. The predicted molar refractivity (Wildman–Crippen MR) is 103 cm³/mol. The summed E-state index contributed by atoms with van der Waals surface area (Å²) in [5.41, 5.74) is 0.508. The monoisotopic (exact) mass is 427 g/mol. The number of fused-ring (bicyclic) bond motifs is 1. The van der Waals surface area contributed by atoms with Crippen LogP contribution in [0.1, 0.15) is 17.5 Å². The Morgan fingerprint density at radius 1 is 1.22 bits per heavy atom. The molecule has 0 spiro atoms. The van der Waals surface area contributed by atoms with Gasteiger partial charge in [0.1, 0.15) is 17.4 Å². The summed E-state index contributed by atoms with van der Waals surface area (Å²) in [6.07, 6.45) is 0. The number of esters is 1. The molecule has 27 heavy (non-hydrogen) atoms. The number of rotatable bonds is 5. The molecule has 0 aliphatic rings. The summed E-state index contributed by atoms with van der Waals surface area (Å²) in [6.45, 7) is 1.67. The molecule has 3 aromatic rings. The molecule has 0 aliphatic heterocycles. The van der Waals surface area contributed by atoms with Crippen LogP contribution < -0.4 is 10.2 Å². The van der Waals surface area contributed by atoms with Gasteiger partial charge in [-0.1, -0.05) is 28.1 Å². The van der Waals surface area contributed by atoms with Crippen molar-refractivity contribution >= 4 is 32.9 Å². The third-order valence-electron chi connectivity index (χ3n) is 3.76. The number of ether oxygens (including phenoxy) is 2. The highest BCUT2D eigenvalue weighted by molar-refractivity contribution is 9.10. The normalized spacial score (nSPS) is 10.4. The Hall–Kier alpha value is -3.11. The molecular formula is C20H14BrNO5. The molecule has 0 amide bonds. The molecule has 0 saturated carbocycles. The van der Waals surface area contributed by atoms with Crippen molar-refractivity contribution in [2.24, 2.45) is 0 Å². The lowest BCUT2D eigenvalue weighted by molar-refractivity contribution is 0.0492. The average molecular weight is 428 g/mol. The minimum atomic E-state index is -0.724. The molecule has 0 N–H and O–H groups in total. The fourth-order valence-corrected chi connectivity index (χ4v) is 2.86. The van der Waals surface area contributed by atoms with Gasteiger partial charge in [-0.15, -0.1) is 0 Å². The summed E-state index contributed by atoms with van der Waals surface area (Å²) in [4.78, 5) is 25.5. The molecule has 1 aromatic heterocycles. The van der Waals surface area contributed by atoms with E-state index in [2.05, 4.69) is 15.9 Å². The van der Waals surface area contributed by atoms with Crippen molar-refractivity contribution in [3.05, 3.63) is 62.9 Å². The molecule has 0 saturated heterocycles. The first-order valence-corrected chi connectivity index (χ1v) is 8.88. The Morgan fingerprint density at radius 2 is 1.96 bits per heavy atom. The summed E-state index contributed by atoms with van der Waals surface area (Å²) in [5.74, 6) is -0.537. The Labute approximate surface area is 163 Å². The number of hydrogen-bond donors (Lipinski definition) is 0. The van der Waals surface area contributed by atoms with Crippen molar-refractivity contribution in [2.75, 3.05) is 13.2 Å². The van der Waals surface area contributed by atoms with Crippen molar-refractivity contribution in [2.45, 2.75) is 6.92 Å². The van der Waals surface area contributed by atoms with Crippen LogP contribution in [0.4, 0.5) is 0 Å². The van der Waals surface area contributed by atoms with Crippen LogP contribution >= 0.6 is 15.9 Å². The van der Waals surface area contributed by atoms with Crippen LogP contribution in [0, 0.1) is 11.3 Å². The quantitative estimate of drug-likeness (QED) is 0.563. The maximum atomic E-state index is 13.1. The third-order valence-corrected chi connectivity index (χ3v) is 4.29.